The lowest BCUT2D eigenvalue weighted by Gasteiger charge is -2.30. The van der Waals surface area contributed by atoms with Gasteiger partial charge in [-0.05, 0) is 50.3 Å². The van der Waals surface area contributed by atoms with Crippen molar-refractivity contribution in [2.75, 3.05) is 13.7 Å². The fraction of sp³-hybridized carbons (Fsp3) is 0.583. The number of ether oxygens (including phenoxy) is 2. The molecule has 0 heterocycles. The summed E-state index contributed by atoms with van der Waals surface area (Å²) in [5.41, 5.74) is 3.02. The first-order valence-corrected chi connectivity index (χ1v) is 16.4. The number of Topliss-reactive ketones (excluding diaryl/α,β-unsaturated/α-hetero) is 1. The van der Waals surface area contributed by atoms with E-state index in [9.17, 15) is 34.2 Å². The number of allylic oxidation sites excluding steroid dienone is 1. The maximum atomic E-state index is 13.5. The van der Waals surface area contributed by atoms with Gasteiger partial charge in [-0.3, -0.25) is 14.4 Å². The van der Waals surface area contributed by atoms with E-state index in [-0.39, 0.29) is 18.8 Å². The van der Waals surface area contributed by atoms with Gasteiger partial charge in [0.25, 0.3) is 0 Å². The number of benzene rings is 1. The van der Waals surface area contributed by atoms with Gasteiger partial charge in [-0.15, -0.1) is 5.92 Å². The number of nitrogens with one attached hydrogen (secondary N) is 1. The van der Waals surface area contributed by atoms with Crippen LogP contribution in [0.4, 0.5) is 0 Å². The Bertz CT molecular complexity index is 1230. The largest absolute Gasteiger partial charge is 0.481 e. The van der Waals surface area contributed by atoms with Crippen LogP contribution in [-0.2, 0) is 35.1 Å². The average molecular weight is 657 g/mol. The highest BCUT2D eigenvalue weighted by Gasteiger charge is 2.48. The lowest BCUT2D eigenvalue weighted by Crippen LogP contribution is -2.56. The zero-order valence-electron chi connectivity index (χ0n) is 28.1. The molecule has 0 unspecified atom stereocenters. The van der Waals surface area contributed by atoms with Crippen molar-refractivity contribution >= 4 is 29.5 Å². The van der Waals surface area contributed by atoms with Crippen molar-refractivity contribution in [2.45, 2.75) is 115 Å². The van der Waals surface area contributed by atoms with Crippen LogP contribution in [0.1, 0.15) is 103 Å². The van der Waals surface area contributed by atoms with Crippen LogP contribution in [0, 0.1) is 17.8 Å². The number of carbonyl (C=O) groups excluding carboxylic acids is 4. The molecule has 2 amide bonds. The van der Waals surface area contributed by atoms with Gasteiger partial charge in [0.05, 0.1) is 19.4 Å². The maximum Gasteiger partial charge on any atom is 0.337 e. The first-order valence-electron chi connectivity index (χ1n) is 16.4. The summed E-state index contributed by atoms with van der Waals surface area (Å²) in [4.78, 5) is 62.1. The number of rotatable bonds is 25. The van der Waals surface area contributed by atoms with E-state index in [1.54, 1.807) is 37.3 Å². The highest BCUT2D eigenvalue weighted by atomic mass is 16.5. The van der Waals surface area contributed by atoms with Gasteiger partial charge in [-0.25, -0.2) is 9.59 Å². The molecule has 3 atom stereocenters. The molecule has 0 bridgehead atoms. The summed E-state index contributed by atoms with van der Waals surface area (Å²) >= 11 is 0. The second-order valence-corrected chi connectivity index (χ2v) is 11.6. The molecule has 47 heavy (non-hydrogen) atoms. The smallest absolute Gasteiger partial charge is 0.337 e. The summed E-state index contributed by atoms with van der Waals surface area (Å²) in [7, 11) is 1.15. The molecule has 5 N–H and O–H groups in total. The predicted octanol–water partition coefficient (Wildman–Crippen LogP) is 4.42. The second-order valence-electron chi connectivity index (χ2n) is 11.6. The molecule has 0 aliphatic carbocycles. The van der Waals surface area contributed by atoms with Gasteiger partial charge in [0.2, 0.25) is 11.8 Å². The van der Waals surface area contributed by atoms with Gasteiger partial charge >= 0.3 is 11.9 Å². The quantitative estimate of drug-likeness (QED) is 0.0512. The van der Waals surface area contributed by atoms with Crippen LogP contribution in [0.5, 0.6) is 5.75 Å². The van der Waals surface area contributed by atoms with Crippen LogP contribution in [0.25, 0.3) is 0 Å². The standard InChI is InChI=1S/C36H52N2O9/c1-4-6-8-11-14-17-28(39)18-15-12-9-10-13-16-19-30(36(45,35(43)44)26-32(37)40)33(41)38-31(34(42)46-3)25-27-20-22-29(23-21-27)47-24-7-5-2/h16,19-23,30-31,45H,4,6,8-15,17-18,24-26H2,1-3H3,(H2,37,40)(H,38,41)(H,43,44)/b19-16+/t30-,31+,36+/m1/s1. The van der Waals surface area contributed by atoms with Crippen LogP contribution in [0.2, 0.25) is 0 Å². The van der Waals surface area contributed by atoms with Crippen LogP contribution in [-0.4, -0.2) is 65.1 Å². The summed E-state index contributed by atoms with van der Waals surface area (Å²) in [6.07, 6.45) is 12.1. The summed E-state index contributed by atoms with van der Waals surface area (Å²) in [6.45, 7) is 4.07. The summed E-state index contributed by atoms with van der Waals surface area (Å²) in [5.74, 6) is -0.104. The number of carboxylic acids is 1. The Morgan fingerprint density at radius 3 is 2.15 bits per heavy atom. The van der Waals surface area contributed by atoms with Crippen LogP contribution < -0.4 is 15.8 Å². The van der Waals surface area contributed by atoms with Crippen molar-refractivity contribution in [3.05, 3.63) is 42.0 Å². The molecule has 0 aromatic heterocycles. The van der Waals surface area contributed by atoms with E-state index in [1.165, 1.54) is 25.3 Å². The molecule has 1 aromatic carbocycles. The van der Waals surface area contributed by atoms with Crippen molar-refractivity contribution < 1.29 is 43.7 Å². The second kappa shape index (κ2) is 23.2. The molecule has 0 saturated heterocycles. The number of primary amides is 1. The number of hydrogen-bond donors (Lipinski definition) is 4. The number of amides is 2. The van der Waals surface area contributed by atoms with Crippen LogP contribution >= 0.6 is 0 Å². The molecule has 0 fully saturated rings. The Kier molecular flexibility index (Phi) is 20.2. The van der Waals surface area contributed by atoms with Crippen molar-refractivity contribution in [1.29, 1.82) is 0 Å². The number of unbranched alkanes of at least 4 members (excludes halogenated alkanes) is 8. The maximum absolute atomic E-state index is 13.5. The molecule has 0 spiro atoms. The minimum absolute atomic E-state index is 0.00737. The van der Waals surface area contributed by atoms with E-state index in [2.05, 4.69) is 24.1 Å². The lowest BCUT2D eigenvalue weighted by molar-refractivity contribution is -0.169. The van der Waals surface area contributed by atoms with E-state index in [0.29, 0.717) is 37.0 Å². The SMILES string of the molecule is CC#CCOc1ccc(C[C@H](NC(=O)[C@@H](/C=C/CCCCCCC(=O)CCCCCCC)[C@@](O)(CC(N)=O)C(=O)O)C(=O)OC)cc1. The van der Waals surface area contributed by atoms with Crippen molar-refractivity contribution in [1.82, 2.24) is 5.32 Å². The number of hydrogen-bond acceptors (Lipinski definition) is 8. The van der Waals surface area contributed by atoms with Crippen molar-refractivity contribution in [3.8, 4) is 17.6 Å². The Morgan fingerprint density at radius 2 is 1.60 bits per heavy atom. The van der Waals surface area contributed by atoms with Crippen LogP contribution in [0.15, 0.2) is 36.4 Å². The number of nitrogens with two attached hydrogens (primary N) is 1. The minimum atomic E-state index is -2.86. The van der Waals surface area contributed by atoms with Gasteiger partial charge in [-0.2, -0.15) is 0 Å². The van der Waals surface area contributed by atoms with Gasteiger partial charge < -0.3 is 30.7 Å². The highest BCUT2D eigenvalue weighted by molar-refractivity contribution is 5.95. The molecule has 1 aromatic rings. The fourth-order valence-electron chi connectivity index (χ4n) is 5.01. The summed E-state index contributed by atoms with van der Waals surface area (Å²) in [6, 6.07) is 5.51. The minimum Gasteiger partial charge on any atom is -0.481 e. The number of carbonyl (C=O) groups is 5. The van der Waals surface area contributed by atoms with Gasteiger partial charge in [0, 0.05) is 19.3 Å². The van der Waals surface area contributed by atoms with Gasteiger partial charge in [0.1, 0.15) is 24.2 Å². The average Bonchev–Trinajstić information content (AvgIpc) is 3.03. The van der Waals surface area contributed by atoms with E-state index in [4.69, 9.17) is 15.2 Å². The first-order chi connectivity index (χ1) is 22.5. The van der Waals surface area contributed by atoms with Crippen LogP contribution in [0.3, 0.4) is 0 Å². The molecule has 0 radical (unpaired) electrons. The third-order valence-corrected chi connectivity index (χ3v) is 7.73. The zero-order valence-corrected chi connectivity index (χ0v) is 28.1. The Morgan fingerprint density at radius 1 is 0.979 bits per heavy atom. The molecule has 11 heteroatoms. The molecule has 0 aliphatic rings. The molecule has 11 nitrogen and oxygen atoms in total. The summed E-state index contributed by atoms with van der Waals surface area (Å²) in [5, 5.41) is 23.4. The Hall–Kier alpha value is -4.17. The predicted molar refractivity (Wildman–Crippen MR) is 178 cm³/mol. The Balaban J connectivity index is 2.89. The van der Waals surface area contributed by atoms with Crippen molar-refractivity contribution in [3.63, 3.8) is 0 Å². The lowest BCUT2D eigenvalue weighted by atomic mass is 9.82. The molecule has 0 aliphatic heterocycles. The number of aliphatic carboxylic acids is 1. The molecule has 0 saturated carbocycles. The normalized spacial score (nSPS) is 13.4. The van der Waals surface area contributed by atoms with E-state index < -0.39 is 47.7 Å². The molecule has 1 rings (SSSR count). The van der Waals surface area contributed by atoms with Gasteiger partial charge in [-0.1, -0.05) is 75.7 Å². The summed E-state index contributed by atoms with van der Waals surface area (Å²) < 4.78 is 10.4. The monoisotopic (exact) mass is 656 g/mol. The van der Waals surface area contributed by atoms with Crippen molar-refractivity contribution in [2.24, 2.45) is 11.7 Å². The molecular weight excluding hydrogens is 604 g/mol. The highest BCUT2D eigenvalue weighted by Crippen LogP contribution is 2.26. The van der Waals surface area contributed by atoms with E-state index >= 15 is 0 Å². The number of methoxy groups -OCH3 is 1. The van der Waals surface area contributed by atoms with E-state index in [0.717, 1.165) is 39.2 Å². The zero-order chi connectivity index (χ0) is 35.1. The van der Waals surface area contributed by atoms with E-state index in [1.807, 2.05) is 0 Å². The number of esters is 1. The molecule has 260 valence electrons. The number of ketones is 1. The molecular formula is C36H52N2O9. The third-order valence-electron chi connectivity index (χ3n) is 7.73. The Labute approximate surface area is 278 Å². The number of aliphatic hydroxyl groups is 1. The topological polar surface area (TPSA) is 182 Å². The first kappa shape index (κ1) is 40.9. The number of carboxylic acid groups (broad SMARTS) is 1. The fourth-order valence-corrected chi connectivity index (χ4v) is 5.01. The third kappa shape index (κ3) is 16.3. The van der Waals surface area contributed by atoms with Gasteiger partial charge in [0.15, 0.2) is 5.60 Å².